The molecule has 0 aliphatic carbocycles. The van der Waals surface area contributed by atoms with Crippen molar-refractivity contribution in [3.8, 4) is 0 Å². The molecule has 1 heterocycles. The van der Waals surface area contributed by atoms with E-state index in [0.717, 1.165) is 23.6 Å². The van der Waals surface area contributed by atoms with Crippen LogP contribution in [0.1, 0.15) is 5.56 Å². The monoisotopic (exact) mass is 315 g/mol. The molecule has 0 N–H and O–H groups in total. The summed E-state index contributed by atoms with van der Waals surface area (Å²) in [5.74, 6) is 0. The molecule has 0 atom stereocenters. The predicted octanol–water partition coefficient (Wildman–Crippen LogP) is 1.91. The van der Waals surface area contributed by atoms with Crippen molar-refractivity contribution in [2.45, 2.75) is 11.4 Å². The highest BCUT2D eigenvalue weighted by Crippen LogP contribution is 2.13. The lowest BCUT2D eigenvalue weighted by atomic mass is 10.2. The normalized spacial score (nSPS) is 11.7. The molecular formula is C16H15N2O3S+. The van der Waals surface area contributed by atoms with Crippen LogP contribution in [0.3, 0.4) is 0 Å². The van der Waals surface area contributed by atoms with Crippen LogP contribution in [0.5, 0.6) is 0 Å². The van der Waals surface area contributed by atoms with Crippen LogP contribution in [0.25, 0.3) is 10.9 Å². The Bertz CT molecular complexity index is 923. The molecule has 3 aromatic rings. The molecule has 22 heavy (non-hydrogen) atoms. The Morgan fingerprint density at radius 3 is 2.73 bits per heavy atom. The Morgan fingerprint density at radius 1 is 1.09 bits per heavy atom. The van der Waals surface area contributed by atoms with Crippen LogP contribution in [0.15, 0.2) is 65.7 Å². The van der Waals surface area contributed by atoms with Crippen LogP contribution in [0, 0.1) is 0 Å². The quantitative estimate of drug-likeness (QED) is 0.545. The van der Waals surface area contributed by atoms with Crippen LogP contribution in [-0.4, -0.2) is 20.6 Å². The van der Waals surface area contributed by atoms with Crippen molar-refractivity contribution in [1.29, 1.82) is 0 Å². The molecule has 5 nitrogen and oxygen atoms in total. The summed E-state index contributed by atoms with van der Waals surface area (Å²) < 4.78 is 29.8. The summed E-state index contributed by atoms with van der Waals surface area (Å²) in [6.45, 7) is 0.484. The van der Waals surface area contributed by atoms with Gasteiger partial charge in [0.15, 0.2) is 12.7 Å². The number of rotatable bonds is 4. The van der Waals surface area contributed by atoms with Crippen LogP contribution in [0.4, 0.5) is 0 Å². The van der Waals surface area contributed by atoms with Crippen LogP contribution in [0.2, 0.25) is 0 Å². The highest BCUT2D eigenvalue weighted by molar-refractivity contribution is 7.86. The third-order valence-electron chi connectivity index (χ3n) is 3.35. The first kappa shape index (κ1) is 14.6. The Labute approximate surface area is 128 Å². The zero-order valence-electron chi connectivity index (χ0n) is 12.0. The molecule has 0 amide bonds. The highest BCUT2D eigenvalue weighted by Gasteiger charge is 2.14. The molecule has 112 valence electrons. The topological polar surface area (TPSA) is 60.1 Å². The standard InChI is InChI=1S/C16H15N2O3S/c1-21-22(19,20)15-7-4-5-13(11-15)12-18-10-9-14-6-2-3-8-16(14)17-18/h2-11H,12H2,1H3/q+1. The van der Waals surface area contributed by atoms with Gasteiger partial charge in [-0.3, -0.25) is 4.18 Å². The van der Waals surface area contributed by atoms with E-state index >= 15 is 0 Å². The molecule has 2 aromatic carbocycles. The molecule has 3 rings (SSSR count). The van der Waals surface area contributed by atoms with Gasteiger partial charge in [0.1, 0.15) is 5.52 Å². The van der Waals surface area contributed by atoms with E-state index in [1.54, 1.807) is 16.8 Å². The summed E-state index contributed by atoms with van der Waals surface area (Å²) in [6, 6.07) is 16.5. The second kappa shape index (κ2) is 5.82. The molecule has 0 aliphatic rings. The summed E-state index contributed by atoms with van der Waals surface area (Å²) in [5.41, 5.74) is 1.73. The molecule has 0 spiro atoms. The fourth-order valence-corrected chi connectivity index (χ4v) is 2.96. The van der Waals surface area contributed by atoms with Crippen molar-refractivity contribution in [3.63, 3.8) is 0 Å². The second-order valence-electron chi connectivity index (χ2n) is 4.84. The Balaban J connectivity index is 1.93. The van der Waals surface area contributed by atoms with E-state index in [0.29, 0.717) is 6.54 Å². The number of hydrogen-bond acceptors (Lipinski definition) is 4. The van der Waals surface area contributed by atoms with E-state index in [1.165, 1.54) is 6.07 Å². The number of nitrogens with zero attached hydrogens (tertiary/aromatic N) is 2. The van der Waals surface area contributed by atoms with Gasteiger partial charge in [0, 0.05) is 22.1 Å². The maximum atomic E-state index is 11.7. The van der Waals surface area contributed by atoms with Crippen LogP contribution >= 0.6 is 0 Å². The van der Waals surface area contributed by atoms with E-state index in [9.17, 15) is 8.42 Å². The molecule has 0 saturated carbocycles. The molecule has 1 aromatic heterocycles. The Hall–Kier alpha value is -2.31. The zero-order chi connectivity index (χ0) is 15.6. The lowest BCUT2D eigenvalue weighted by molar-refractivity contribution is -0.743. The van der Waals surface area contributed by atoms with Crippen molar-refractivity contribution in [2.75, 3.05) is 7.11 Å². The van der Waals surface area contributed by atoms with Gasteiger partial charge in [0.2, 0.25) is 0 Å². The molecule has 0 fully saturated rings. The number of aromatic nitrogens is 2. The molecule has 0 saturated heterocycles. The number of fused-ring (bicyclic) bond motifs is 1. The fourth-order valence-electron chi connectivity index (χ4n) is 2.23. The minimum absolute atomic E-state index is 0.147. The minimum Gasteiger partial charge on any atom is -0.270 e. The predicted molar refractivity (Wildman–Crippen MR) is 81.7 cm³/mol. The fraction of sp³-hybridized carbons (Fsp3) is 0.125. The summed E-state index contributed by atoms with van der Waals surface area (Å²) >= 11 is 0. The van der Waals surface area contributed by atoms with Crippen molar-refractivity contribution < 1.29 is 17.3 Å². The van der Waals surface area contributed by atoms with Gasteiger partial charge in [-0.25, -0.2) is 0 Å². The molecule has 0 unspecified atom stereocenters. The zero-order valence-corrected chi connectivity index (χ0v) is 12.8. The van der Waals surface area contributed by atoms with E-state index in [1.807, 2.05) is 42.6 Å². The van der Waals surface area contributed by atoms with Crippen LogP contribution < -0.4 is 4.68 Å². The van der Waals surface area contributed by atoms with Crippen molar-refractivity contribution in [1.82, 2.24) is 5.10 Å². The van der Waals surface area contributed by atoms with E-state index in [4.69, 9.17) is 0 Å². The number of benzene rings is 2. The van der Waals surface area contributed by atoms with Crippen molar-refractivity contribution in [3.05, 3.63) is 66.4 Å². The van der Waals surface area contributed by atoms with Gasteiger partial charge >= 0.3 is 0 Å². The third-order valence-corrected chi connectivity index (χ3v) is 4.62. The van der Waals surface area contributed by atoms with Gasteiger partial charge < -0.3 is 0 Å². The maximum Gasteiger partial charge on any atom is 0.296 e. The first-order chi connectivity index (χ1) is 10.6. The third kappa shape index (κ3) is 2.98. The van der Waals surface area contributed by atoms with Gasteiger partial charge in [-0.15, -0.1) is 0 Å². The van der Waals surface area contributed by atoms with E-state index in [-0.39, 0.29) is 4.90 Å². The van der Waals surface area contributed by atoms with Crippen molar-refractivity contribution >= 4 is 21.0 Å². The summed E-state index contributed by atoms with van der Waals surface area (Å²) in [5, 5.41) is 5.58. The Morgan fingerprint density at radius 2 is 1.91 bits per heavy atom. The average Bonchev–Trinajstić information content (AvgIpc) is 2.55. The Kier molecular flexibility index (Phi) is 3.87. The first-order valence-corrected chi connectivity index (χ1v) is 8.14. The molecule has 0 bridgehead atoms. The molecule has 6 heteroatoms. The van der Waals surface area contributed by atoms with Crippen molar-refractivity contribution in [2.24, 2.45) is 0 Å². The SMILES string of the molecule is COS(=O)(=O)c1cccc(C[n+]2ccc3ccccc3n2)c1. The summed E-state index contributed by atoms with van der Waals surface area (Å²) in [7, 11) is -2.52. The largest absolute Gasteiger partial charge is 0.296 e. The first-order valence-electron chi connectivity index (χ1n) is 6.73. The molecule has 0 aliphatic heterocycles. The molecule has 0 radical (unpaired) electrons. The minimum atomic E-state index is -3.68. The molecular weight excluding hydrogens is 300 g/mol. The number of hydrogen-bond donors (Lipinski definition) is 0. The lowest BCUT2D eigenvalue weighted by Gasteiger charge is -2.03. The highest BCUT2D eigenvalue weighted by atomic mass is 32.2. The summed E-state index contributed by atoms with van der Waals surface area (Å²) in [4.78, 5) is 0.147. The van der Waals surface area contributed by atoms with Gasteiger partial charge in [-0.1, -0.05) is 35.0 Å². The van der Waals surface area contributed by atoms with Gasteiger partial charge in [-0.2, -0.15) is 8.42 Å². The second-order valence-corrected chi connectivity index (χ2v) is 6.55. The smallest absolute Gasteiger partial charge is 0.270 e. The van der Waals surface area contributed by atoms with Crippen LogP contribution in [-0.2, 0) is 20.8 Å². The average molecular weight is 315 g/mol. The maximum absolute atomic E-state index is 11.7. The summed E-state index contributed by atoms with van der Waals surface area (Å²) in [6.07, 6.45) is 1.87. The van der Waals surface area contributed by atoms with Gasteiger partial charge in [0.05, 0.1) is 12.0 Å². The van der Waals surface area contributed by atoms with E-state index in [2.05, 4.69) is 9.28 Å². The van der Waals surface area contributed by atoms with Gasteiger partial charge in [0.25, 0.3) is 10.1 Å². The van der Waals surface area contributed by atoms with E-state index < -0.39 is 10.1 Å². The lowest BCUT2D eigenvalue weighted by Crippen LogP contribution is -2.38. The van der Waals surface area contributed by atoms with Gasteiger partial charge in [-0.05, 0) is 18.2 Å².